The fourth-order valence-corrected chi connectivity index (χ4v) is 1.80. The molecule has 1 aliphatic rings. The van der Waals surface area contributed by atoms with Crippen LogP contribution in [0.3, 0.4) is 0 Å². The Balaban J connectivity index is 2.46. The van der Waals surface area contributed by atoms with E-state index in [1.54, 1.807) is 7.11 Å². The van der Waals surface area contributed by atoms with Gasteiger partial charge in [-0.1, -0.05) is 0 Å². The zero-order valence-electron chi connectivity index (χ0n) is 8.76. The lowest BCUT2D eigenvalue weighted by atomic mass is 10.1. The van der Waals surface area contributed by atoms with Crippen LogP contribution in [0.15, 0.2) is 12.1 Å². The number of benzene rings is 1. The van der Waals surface area contributed by atoms with Gasteiger partial charge in [-0.3, -0.25) is 0 Å². The van der Waals surface area contributed by atoms with Crippen molar-refractivity contribution in [3.8, 4) is 11.5 Å². The highest BCUT2D eigenvalue weighted by atomic mass is 16.5. The van der Waals surface area contributed by atoms with E-state index in [0.29, 0.717) is 0 Å². The van der Waals surface area contributed by atoms with Crippen molar-refractivity contribution in [2.24, 2.45) is 0 Å². The summed E-state index contributed by atoms with van der Waals surface area (Å²) in [5.74, 6) is 1.86. The minimum Gasteiger partial charge on any atom is -0.496 e. The maximum atomic E-state index is 5.67. The summed E-state index contributed by atoms with van der Waals surface area (Å²) in [5.41, 5.74) is 2.20. The van der Waals surface area contributed by atoms with Crippen LogP contribution in [0.5, 0.6) is 11.5 Å². The molecule has 1 N–H and O–H groups in total. The summed E-state index contributed by atoms with van der Waals surface area (Å²) in [5, 5.41) is 3.09. The van der Waals surface area contributed by atoms with Crippen LogP contribution in [0.4, 0.5) is 5.69 Å². The van der Waals surface area contributed by atoms with Gasteiger partial charge in [-0.05, 0) is 6.92 Å². The zero-order valence-corrected chi connectivity index (χ0v) is 8.76. The normalized spacial score (nSPS) is 18.6. The molecule has 1 aliphatic heterocycles. The molecule has 1 atom stereocenters. The number of hydrogen-bond acceptors (Lipinski definition) is 3. The van der Waals surface area contributed by atoms with Gasteiger partial charge < -0.3 is 14.8 Å². The van der Waals surface area contributed by atoms with Crippen molar-refractivity contribution in [3.05, 3.63) is 17.7 Å². The summed E-state index contributed by atoms with van der Waals surface area (Å²) < 4.78 is 11.0. The van der Waals surface area contributed by atoms with Gasteiger partial charge in [0, 0.05) is 36.9 Å². The molecule has 0 fully saturated rings. The smallest absolute Gasteiger partial charge is 0.128 e. The highest BCUT2D eigenvalue weighted by Gasteiger charge is 2.23. The molecule has 0 amide bonds. The van der Waals surface area contributed by atoms with Gasteiger partial charge in [-0.15, -0.1) is 0 Å². The third-order valence-corrected chi connectivity index (χ3v) is 2.50. The lowest BCUT2D eigenvalue weighted by molar-refractivity contribution is 0.254. The van der Waals surface area contributed by atoms with E-state index in [1.165, 1.54) is 5.56 Å². The van der Waals surface area contributed by atoms with Crippen LogP contribution in [0.25, 0.3) is 0 Å². The predicted octanol–water partition coefficient (Wildman–Crippen LogP) is 2.06. The molecule has 1 unspecified atom stereocenters. The van der Waals surface area contributed by atoms with Crippen molar-refractivity contribution in [1.82, 2.24) is 0 Å². The zero-order chi connectivity index (χ0) is 10.1. The Bertz CT molecular complexity index is 349. The molecule has 3 nitrogen and oxygen atoms in total. The number of fused-ring (bicyclic) bond motifs is 1. The van der Waals surface area contributed by atoms with Gasteiger partial charge in [-0.2, -0.15) is 0 Å². The molecule has 0 aliphatic carbocycles. The fourth-order valence-electron chi connectivity index (χ4n) is 1.80. The fraction of sp³-hybridized carbons (Fsp3) is 0.455. The second-order valence-corrected chi connectivity index (χ2v) is 3.54. The van der Waals surface area contributed by atoms with Gasteiger partial charge in [0.25, 0.3) is 0 Å². The maximum Gasteiger partial charge on any atom is 0.128 e. The monoisotopic (exact) mass is 193 g/mol. The Kier molecular flexibility index (Phi) is 2.23. The summed E-state index contributed by atoms with van der Waals surface area (Å²) in [4.78, 5) is 0. The van der Waals surface area contributed by atoms with Crippen LogP contribution in [-0.4, -0.2) is 20.3 Å². The Morgan fingerprint density at radius 3 is 2.93 bits per heavy atom. The third kappa shape index (κ3) is 1.39. The summed E-state index contributed by atoms with van der Waals surface area (Å²) in [6, 6.07) is 4.02. The number of methoxy groups -OCH3 is 1. The van der Waals surface area contributed by atoms with Crippen LogP contribution in [0.1, 0.15) is 12.5 Å². The Labute approximate surface area is 84.0 Å². The van der Waals surface area contributed by atoms with E-state index in [2.05, 4.69) is 12.2 Å². The van der Waals surface area contributed by atoms with Gasteiger partial charge in [0.2, 0.25) is 0 Å². The van der Waals surface area contributed by atoms with Gasteiger partial charge >= 0.3 is 0 Å². The Hall–Kier alpha value is -1.38. The van der Waals surface area contributed by atoms with Crippen molar-refractivity contribution < 1.29 is 9.47 Å². The number of rotatable bonds is 2. The van der Waals surface area contributed by atoms with Gasteiger partial charge in [0.05, 0.1) is 7.11 Å². The van der Waals surface area contributed by atoms with Gasteiger partial charge in [-0.25, -0.2) is 0 Å². The molecule has 0 saturated heterocycles. The lowest BCUT2D eigenvalue weighted by Gasteiger charge is -2.08. The lowest BCUT2D eigenvalue weighted by Crippen LogP contribution is -2.05. The third-order valence-electron chi connectivity index (χ3n) is 2.50. The highest BCUT2D eigenvalue weighted by molar-refractivity contribution is 5.60. The van der Waals surface area contributed by atoms with E-state index in [0.717, 1.165) is 23.6 Å². The summed E-state index contributed by atoms with van der Waals surface area (Å²) >= 11 is 0. The first-order chi connectivity index (χ1) is 6.74. The predicted molar refractivity (Wildman–Crippen MR) is 56.3 cm³/mol. The minimum absolute atomic E-state index is 0.256. The van der Waals surface area contributed by atoms with Crippen molar-refractivity contribution in [2.75, 3.05) is 19.5 Å². The Morgan fingerprint density at radius 2 is 2.29 bits per heavy atom. The van der Waals surface area contributed by atoms with E-state index in [4.69, 9.17) is 9.47 Å². The molecular formula is C11H15NO2. The molecular weight excluding hydrogens is 178 g/mol. The SMILES string of the molecule is CNc1cc(OC)c2c(c1)OC(C)C2. The van der Waals surface area contributed by atoms with Crippen LogP contribution in [0, 0.1) is 0 Å². The highest BCUT2D eigenvalue weighted by Crippen LogP contribution is 2.38. The van der Waals surface area contributed by atoms with Crippen LogP contribution >= 0.6 is 0 Å². The summed E-state index contributed by atoms with van der Waals surface area (Å²) in [7, 11) is 3.58. The number of ether oxygens (including phenoxy) is 2. The van der Waals surface area contributed by atoms with Gasteiger partial charge in [0.15, 0.2) is 0 Å². The molecule has 1 aromatic rings. The number of hydrogen-bond donors (Lipinski definition) is 1. The first kappa shape index (κ1) is 9.19. The second-order valence-electron chi connectivity index (χ2n) is 3.54. The Morgan fingerprint density at radius 1 is 1.50 bits per heavy atom. The number of nitrogens with one attached hydrogen (secondary N) is 1. The van der Waals surface area contributed by atoms with E-state index in [-0.39, 0.29) is 6.10 Å². The standard InChI is InChI=1S/C11H15NO2/c1-7-4-9-10(13-3)5-8(12-2)6-11(9)14-7/h5-7,12H,4H2,1-3H3. The molecule has 2 rings (SSSR count). The molecule has 0 saturated carbocycles. The van der Waals surface area contributed by atoms with E-state index < -0.39 is 0 Å². The molecule has 76 valence electrons. The molecule has 1 aromatic carbocycles. The molecule has 0 aromatic heterocycles. The quantitative estimate of drug-likeness (QED) is 0.779. The average molecular weight is 193 g/mol. The van der Waals surface area contributed by atoms with Crippen molar-refractivity contribution in [2.45, 2.75) is 19.4 Å². The molecule has 0 bridgehead atoms. The van der Waals surface area contributed by atoms with Crippen molar-refractivity contribution in [3.63, 3.8) is 0 Å². The van der Waals surface area contributed by atoms with Crippen LogP contribution in [0.2, 0.25) is 0 Å². The first-order valence-corrected chi connectivity index (χ1v) is 4.80. The van der Waals surface area contributed by atoms with E-state index >= 15 is 0 Å². The van der Waals surface area contributed by atoms with E-state index in [9.17, 15) is 0 Å². The largest absolute Gasteiger partial charge is 0.496 e. The first-order valence-electron chi connectivity index (χ1n) is 4.80. The van der Waals surface area contributed by atoms with Crippen LogP contribution < -0.4 is 14.8 Å². The van der Waals surface area contributed by atoms with E-state index in [1.807, 2.05) is 19.2 Å². The second kappa shape index (κ2) is 3.40. The number of anilines is 1. The van der Waals surface area contributed by atoms with Gasteiger partial charge in [0.1, 0.15) is 17.6 Å². The van der Waals surface area contributed by atoms with Crippen LogP contribution in [-0.2, 0) is 6.42 Å². The molecule has 14 heavy (non-hydrogen) atoms. The topological polar surface area (TPSA) is 30.5 Å². The molecule has 0 radical (unpaired) electrons. The summed E-state index contributed by atoms with van der Waals surface area (Å²) in [6.07, 6.45) is 1.19. The average Bonchev–Trinajstić information content (AvgIpc) is 2.56. The molecule has 3 heteroatoms. The minimum atomic E-state index is 0.256. The van der Waals surface area contributed by atoms with Crippen molar-refractivity contribution >= 4 is 5.69 Å². The molecule has 0 spiro atoms. The summed E-state index contributed by atoms with van der Waals surface area (Å²) in [6.45, 7) is 2.07. The maximum absolute atomic E-state index is 5.67. The molecule has 1 heterocycles. The van der Waals surface area contributed by atoms with Crippen molar-refractivity contribution in [1.29, 1.82) is 0 Å².